The van der Waals surface area contributed by atoms with Crippen molar-refractivity contribution in [1.82, 2.24) is 5.12 Å². The summed E-state index contributed by atoms with van der Waals surface area (Å²) in [5.41, 5.74) is -2.43. The summed E-state index contributed by atoms with van der Waals surface area (Å²) in [5, 5.41) is 10.8. The van der Waals surface area contributed by atoms with Gasteiger partial charge >= 0.3 is 6.18 Å². The normalized spacial score (nSPS) is 30.9. The third-order valence-corrected chi connectivity index (χ3v) is 5.01. The first kappa shape index (κ1) is 18.7. The zero-order valence-corrected chi connectivity index (χ0v) is 14.8. The second kappa shape index (κ2) is 6.44. The van der Waals surface area contributed by atoms with Gasteiger partial charge in [0.15, 0.2) is 0 Å². The highest BCUT2D eigenvalue weighted by atomic mass is 19.4. The number of aliphatic hydroxyl groups is 1. The van der Waals surface area contributed by atoms with E-state index in [1.165, 1.54) is 19.1 Å². The smallest absolute Gasteiger partial charge is 0.423 e. The van der Waals surface area contributed by atoms with E-state index in [1.54, 1.807) is 24.3 Å². The van der Waals surface area contributed by atoms with Gasteiger partial charge in [0.05, 0.1) is 11.8 Å². The second-order valence-electron chi connectivity index (χ2n) is 6.90. The van der Waals surface area contributed by atoms with Crippen LogP contribution in [0.5, 0.6) is 5.75 Å². The van der Waals surface area contributed by atoms with Crippen LogP contribution in [0.25, 0.3) is 0 Å². The predicted octanol–water partition coefficient (Wildman–Crippen LogP) is 3.51. The first-order valence-corrected chi connectivity index (χ1v) is 8.67. The summed E-state index contributed by atoms with van der Waals surface area (Å²) in [4.78, 5) is 8.26. The second-order valence-corrected chi connectivity index (χ2v) is 6.90. The number of hydrogen-bond acceptors (Lipinski definition) is 5. The Morgan fingerprint density at radius 1 is 1.32 bits per heavy atom. The quantitative estimate of drug-likeness (QED) is 0.450. The molecule has 3 unspecified atom stereocenters. The molecule has 1 aliphatic carbocycles. The summed E-state index contributed by atoms with van der Waals surface area (Å²) < 4.78 is 60.6. The minimum atomic E-state index is -4.97. The van der Waals surface area contributed by atoms with Gasteiger partial charge in [0.25, 0.3) is 0 Å². The molecule has 0 aromatic heterocycles. The summed E-state index contributed by atoms with van der Waals surface area (Å²) in [5.74, 6) is 0.363. The lowest BCUT2D eigenvalue weighted by Gasteiger charge is -2.40. The number of amidine groups is 1. The maximum atomic E-state index is 13.9. The van der Waals surface area contributed by atoms with Gasteiger partial charge in [-0.2, -0.15) is 18.3 Å². The molecule has 0 saturated carbocycles. The number of para-hydroxylation sites is 1. The van der Waals surface area contributed by atoms with Crippen LogP contribution in [-0.2, 0) is 6.42 Å². The number of hydrogen-bond donors (Lipinski definition) is 1. The van der Waals surface area contributed by atoms with Gasteiger partial charge in [0, 0.05) is 24.6 Å². The minimum absolute atomic E-state index is 0.134. The van der Waals surface area contributed by atoms with Crippen LogP contribution in [0.15, 0.2) is 58.2 Å². The molecule has 2 aliphatic heterocycles. The molecule has 148 valence electrons. The maximum Gasteiger partial charge on any atom is 0.423 e. The summed E-state index contributed by atoms with van der Waals surface area (Å²) >= 11 is 0. The van der Waals surface area contributed by atoms with Crippen LogP contribution in [0.2, 0.25) is 0 Å². The number of allylic oxidation sites excluding steroid dienone is 1. The highest BCUT2D eigenvalue weighted by Crippen LogP contribution is 2.43. The van der Waals surface area contributed by atoms with Crippen molar-refractivity contribution in [1.29, 1.82) is 0 Å². The van der Waals surface area contributed by atoms with Gasteiger partial charge < -0.3 is 9.84 Å². The third-order valence-electron chi connectivity index (χ3n) is 5.01. The Morgan fingerprint density at radius 2 is 2.07 bits per heavy atom. The number of nitrogens with zero attached hydrogens (tertiary/aromatic N) is 3. The van der Waals surface area contributed by atoms with Gasteiger partial charge in [0.2, 0.25) is 11.8 Å². The highest BCUT2D eigenvalue weighted by molar-refractivity contribution is 6.05. The van der Waals surface area contributed by atoms with Crippen molar-refractivity contribution < 1.29 is 27.5 Å². The monoisotopic (exact) mass is 395 g/mol. The number of alkyl halides is 3. The third kappa shape index (κ3) is 2.99. The molecular weight excluding hydrogens is 378 g/mol. The zero-order chi connectivity index (χ0) is 20.1. The van der Waals surface area contributed by atoms with Crippen LogP contribution < -0.4 is 4.74 Å². The molecule has 0 saturated heterocycles. The van der Waals surface area contributed by atoms with Crippen LogP contribution in [0.1, 0.15) is 18.9 Å². The molecule has 3 aliphatic rings. The number of benzene rings is 1. The van der Waals surface area contributed by atoms with Crippen molar-refractivity contribution in [3.05, 3.63) is 53.8 Å². The maximum absolute atomic E-state index is 13.9. The van der Waals surface area contributed by atoms with Crippen molar-refractivity contribution in [3.8, 4) is 5.75 Å². The molecule has 5 nitrogen and oxygen atoms in total. The summed E-state index contributed by atoms with van der Waals surface area (Å²) in [6.45, 7) is 1.48. The van der Waals surface area contributed by atoms with E-state index in [1.807, 2.05) is 0 Å². The van der Waals surface area contributed by atoms with Gasteiger partial charge in [-0.3, -0.25) is 4.99 Å². The van der Waals surface area contributed by atoms with Gasteiger partial charge in [0.1, 0.15) is 11.6 Å². The SMILES string of the molecule is CC1=NC2C=CCC(=NC3Oc4ccccc4CC3(O)C(F)(F)F)C2=CN1F. The molecule has 1 N–H and O–H groups in total. The average molecular weight is 395 g/mol. The Bertz CT molecular complexity index is 922. The molecule has 0 spiro atoms. The minimum Gasteiger partial charge on any atom is -0.465 e. The van der Waals surface area contributed by atoms with Crippen molar-refractivity contribution in [2.45, 2.75) is 43.8 Å². The summed E-state index contributed by atoms with van der Waals surface area (Å²) in [6.07, 6.45) is -2.80. The van der Waals surface area contributed by atoms with Crippen LogP contribution >= 0.6 is 0 Å². The standard InChI is InChI=1S/C19H17F4N3O2/c1-11-24-14-6-4-7-15(13(14)10-26(11)23)25-17-18(27,19(20,21)22)9-12-5-2-3-8-16(12)28-17/h2-6,8,10,14,17,27H,7,9H2,1H3. The topological polar surface area (TPSA) is 57.4 Å². The van der Waals surface area contributed by atoms with Gasteiger partial charge in [-0.15, -0.1) is 0 Å². The number of ether oxygens (including phenoxy) is 1. The number of halogens is 4. The molecule has 0 radical (unpaired) electrons. The van der Waals surface area contributed by atoms with Crippen molar-refractivity contribution >= 4 is 11.5 Å². The first-order chi connectivity index (χ1) is 13.2. The van der Waals surface area contributed by atoms with E-state index in [4.69, 9.17) is 4.74 Å². The van der Waals surface area contributed by atoms with Crippen molar-refractivity contribution in [2.24, 2.45) is 9.98 Å². The molecule has 1 aromatic rings. The molecule has 9 heteroatoms. The number of aliphatic imine (C=N–C) groups is 2. The Hall–Kier alpha value is -2.68. The zero-order valence-electron chi connectivity index (χ0n) is 14.8. The van der Waals surface area contributed by atoms with E-state index < -0.39 is 30.5 Å². The molecule has 3 atom stereocenters. The fraction of sp³-hybridized carbons (Fsp3) is 0.368. The van der Waals surface area contributed by atoms with Crippen LogP contribution in [0.3, 0.4) is 0 Å². The van der Waals surface area contributed by atoms with E-state index in [-0.39, 0.29) is 29.3 Å². The van der Waals surface area contributed by atoms with E-state index >= 15 is 0 Å². The van der Waals surface area contributed by atoms with Gasteiger partial charge in [-0.25, -0.2) is 4.99 Å². The fourth-order valence-electron chi connectivity index (χ4n) is 3.44. The molecular formula is C19H17F4N3O2. The van der Waals surface area contributed by atoms with E-state index in [9.17, 15) is 22.8 Å². The Labute approximate surface area is 158 Å². The molecule has 4 rings (SSSR count). The lowest BCUT2D eigenvalue weighted by Crippen LogP contribution is -2.59. The Balaban J connectivity index is 1.76. The van der Waals surface area contributed by atoms with Gasteiger partial charge in [-0.05, 0) is 18.6 Å². The fourth-order valence-corrected chi connectivity index (χ4v) is 3.44. The van der Waals surface area contributed by atoms with E-state index in [0.717, 1.165) is 6.20 Å². The summed E-state index contributed by atoms with van der Waals surface area (Å²) in [6, 6.07) is 5.66. The molecule has 0 bridgehead atoms. The Morgan fingerprint density at radius 3 is 2.82 bits per heavy atom. The molecule has 0 amide bonds. The van der Waals surface area contributed by atoms with Crippen molar-refractivity contribution in [2.75, 3.05) is 0 Å². The average Bonchev–Trinajstić information content (AvgIpc) is 2.63. The molecule has 28 heavy (non-hydrogen) atoms. The van der Waals surface area contributed by atoms with Crippen LogP contribution in [0.4, 0.5) is 17.7 Å². The summed E-state index contributed by atoms with van der Waals surface area (Å²) in [7, 11) is 0. The largest absolute Gasteiger partial charge is 0.465 e. The van der Waals surface area contributed by atoms with Crippen molar-refractivity contribution in [3.63, 3.8) is 0 Å². The lowest BCUT2D eigenvalue weighted by molar-refractivity contribution is -0.288. The predicted molar refractivity (Wildman–Crippen MR) is 94.7 cm³/mol. The Kier molecular flexibility index (Phi) is 4.29. The van der Waals surface area contributed by atoms with Crippen LogP contribution in [0, 0.1) is 0 Å². The molecule has 0 fully saturated rings. The van der Waals surface area contributed by atoms with E-state index in [0.29, 0.717) is 10.7 Å². The van der Waals surface area contributed by atoms with Crippen LogP contribution in [-0.4, -0.2) is 45.8 Å². The molecule has 1 aromatic carbocycles. The number of fused-ring (bicyclic) bond motifs is 2. The van der Waals surface area contributed by atoms with Gasteiger partial charge in [-0.1, -0.05) is 34.8 Å². The lowest BCUT2D eigenvalue weighted by atomic mass is 9.88. The van der Waals surface area contributed by atoms with E-state index in [2.05, 4.69) is 9.98 Å². The molecule has 2 heterocycles. The number of rotatable bonds is 1. The highest BCUT2D eigenvalue weighted by Gasteiger charge is 2.62. The first-order valence-electron chi connectivity index (χ1n) is 8.67.